The highest BCUT2D eigenvalue weighted by molar-refractivity contribution is 7.80. The zero-order chi connectivity index (χ0) is 27.9. The predicted molar refractivity (Wildman–Crippen MR) is 167 cm³/mol. The third-order valence-corrected chi connectivity index (χ3v) is 11.2. The molecule has 2 saturated heterocycles. The van der Waals surface area contributed by atoms with Crippen molar-refractivity contribution in [2.75, 3.05) is 78.7 Å². The molecule has 3 aromatic rings. The van der Waals surface area contributed by atoms with Crippen LogP contribution < -0.4 is 0 Å². The summed E-state index contributed by atoms with van der Waals surface area (Å²) in [6.07, 6.45) is 0.806. The highest BCUT2D eigenvalue weighted by Gasteiger charge is 2.23. The lowest BCUT2D eigenvalue weighted by molar-refractivity contribution is 0.106. The molecule has 0 aliphatic carbocycles. The highest BCUT2D eigenvalue weighted by atomic mass is 32.9. The predicted octanol–water partition coefficient (Wildman–Crippen LogP) is 3.72. The summed E-state index contributed by atoms with van der Waals surface area (Å²) >= 11 is 5.81. The summed E-state index contributed by atoms with van der Waals surface area (Å²) < 4.78 is 0.944. The molecule has 40 heavy (non-hydrogen) atoms. The number of hydrogen-bond acceptors (Lipinski definition) is 10. The summed E-state index contributed by atoms with van der Waals surface area (Å²) in [4.78, 5) is 10.6. The molecule has 3 heterocycles. The van der Waals surface area contributed by atoms with Crippen molar-refractivity contribution in [1.29, 1.82) is 0 Å². The van der Waals surface area contributed by atoms with Crippen LogP contribution in [0.3, 0.4) is 0 Å². The molecule has 0 radical (unpaired) electrons. The van der Waals surface area contributed by atoms with Crippen molar-refractivity contribution in [3.63, 3.8) is 0 Å². The molecule has 0 amide bonds. The zero-order valence-corrected chi connectivity index (χ0v) is 25.5. The van der Waals surface area contributed by atoms with Crippen molar-refractivity contribution in [2.24, 2.45) is 0 Å². The first-order valence-electron chi connectivity index (χ1n) is 14.2. The zero-order valence-electron chi connectivity index (χ0n) is 23.0. The molecule has 216 valence electrons. The maximum Gasteiger partial charge on any atom is 0.124 e. The van der Waals surface area contributed by atoms with Crippen molar-refractivity contribution in [1.82, 2.24) is 19.6 Å². The molecule has 0 unspecified atom stereocenters. The molecule has 3 N–H and O–H groups in total. The van der Waals surface area contributed by atoms with Crippen molar-refractivity contribution >= 4 is 32.9 Å². The number of aliphatic hydroxyl groups is 2. The van der Waals surface area contributed by atoms with Gasteiger partial charge in [0.05, 0.1) is 18.1 Å². The number of piperazine rings is 2. The Kier molecular flexibility index (Phi) is 10.7. The van der Waals surface area contributed by atoms with Crippen molar-refractivity contribution in [3.8, 4) is 16.2 Å². The van der Waals surface area contributed by atoms with E-state index in [9.17, 15) is 15.3 Å². The fourth-order valence-electron chi connectivity index (χ4n) is 5.69. The Hall–Kier alpha value is -1.73. The van der Waals surface area contributed by atoms with Crippen LogP contribution >= 0.6 is 32.9 Å². The Morgan fingerprint density at radius 1 is 0.700 bits per heavy atom. The van der Waals surface area contributed by atoms with E-state index in [1.807, 2.05) is 6.07 Å². The molecule has 0 saturated carbocycles. The van der Waals surface area contributed by atoms with Gasteiger partial charge < -0.3 is 15.3 Å². The average Bonchev–Trinajstić information content (AvgIpc) is 3.33. The molecular formula is C30H40N4O3S3. The van der Waals surface area contributed by atoms with Crippen LogP contribution in [0.25, 0.3) is 10.4 Å². The van der Waals surface area contributed by atoms with Gasteiger partial charge in [0.15, 0.2) is 0 Å². The number of aliphatic hydroxyl groups excluding tert-OH is 2. The molecule has 2 aliphatic rings. The van der Waals surface area contributed by atoms with E-state index in [0.717, 1.165) is 92.4 Å². The van der Waals surface area contributed by atoms with Crippen LogP contribution in [0.1, 0.15) is 22.3 Å². The minimum absolute atomic E-state index is 0.193. The van der Waals surface area contributed by atoms with Gasteiger partial charge >= 0.3 is 0 Å². The quantitative estimate of drug-likeness (QED) is 0.227. The third kappa shape index (κ3) is 7.56. The van der Waals surface area contributed by atoms with E-state index in [-0.39, 0.29) is 13.2 Å². The highest BCUT2D eigenvalue weighted by Crippen LogP contribution is 2.40. The fourth-order valence-corrected chi connectivity index (χ4v) is 8.59. The summed E-state index contributed by atoms with van der Waals surface area (Å²) in [6, 6.07) is 14.9. The number of phenolic OH excluding ortho intramolecular Hbond substituents is 1. The largest absolute Gasteiger partial charge is 0.507 e. The summed E-state index contributed by atoms with van der Waals surface area (Å²) in [7, 11) is 3.41. The number of benzene rings is 2. The van der Waals surface area contributed by atoms with E-state index in [1.54, 1.807) is 20.7 Å². The Morgan fingerprint density at radius 3 is 1.70 bits per heavy atom. The second-order valence-corrected chi connectivity index (χ2v) is 13.6. The second kappa shape index (κ2) is 14.4. The number of β-amino-alcohol motifs (C(OH)–C–C–N with tert-alkyl or cyclic N) is 2. The van der Waals surface area contributed by atoms with Gasteiger partial charge in [-0.25, -0.2) is 0 Å². The van der Waals surface area contributed by atoms with E-state index in [1.165, 1.54) is 16.0 Å². The molecule has 7 nitrogen and oxygen atoms in total. The number of hydrogen-bond donors (Lipinski definition) is 3. The molecule has 2 fully saturated rings. The molecule has 2 aliphatic heterocycles. The molecule has 0 atom stereocenters. The van der Waals surface area contributed by atoms with Gasteiger partial charge in [0.25, 0.3) is 0 Å². The first kappa shape index (κ1) is 29.8. The fraction of sp³-hybridized carbons (Fsp3) is 0.500. The summed E-state index contributed by atoms with van der Waals surface area (Å²) in [5.41, 5.74) is 5.54. The number of rotatable bonds is 11. The molecule has 0 bridgehead atoms. The van der Waals surface area contributed by atoms with E-state index in [0.29, 0.717) is 18.8 Å². The molecule has 2 aromatic carbocycles. The van der Waals surface area contributed by atoms with Gasteiger partial charge in [-0.15, -0.1) is 0 Å². The molecule has 0 spiro atoms. The minimum Gasteiger partial charge on any atom is -0.507 e. The maximum atomic E-state index is 11.5. The molecule has 10 heteroatoms. The Morgan fingerprint density at radius 2 is 1.20 bits per heavy atom. The van der Waals surface area contributed by atoms with Crippen LogP contribution in [-0.4, -0.2) is 114 Å². The van der Waals surface area contributed by atoms with Gasteiger partial charge in [-0.1, -0.05) is 63.2 Å². The van der Waals surface area contributed by atoms with Gasteiger partial charge in [0.2, 0.25) is 0 Å². The lowest BCUT2D eigenvalue weighted by Gasteiger charge is -2.35. The van der Waals surface area contributed by atoms with Crippen molar-refractivity contribution < 1.29 is 15.3 Å². The van der Waals surface area contributed by atoms with Crippen LogP contribution in [0.15, 0.2) is 42.5 Å². The Labute approximate surface area is 249 Å². The lowest BCUT2D eigenvalue weighted by Crippen LogP contribution is -2.47. The average molecular weight is 601 g/mol. The Bertz CT molecular complexity index is 1230. The van der Waals surface area contributed by atoms with Gasteiger partial charge in [-0.3, -0.25) is 19.6 Å². The van der Waals surface area contributed by atoms with E-state index in [4.69, 9.17) is 12.2 Å². The summed E-state index contributed by atoms with van der Waals surface area (Å²) in [5.74, 6) is 0.405. The second-order valence-electron chi connectivity index (χ2n) is 10.8. The van der Waals surface area contributed by atoms with Crippen LogP contribution in [0.5, 0.6) is 5.75 Å². The number of aromatic hydroxyl groups is 1. The first-order valence-corrected chi connectivity index (χ1v) is 16.7. The summed E-state index contributed by atoms with van der Waals surface area (Å²) in [5, 5.41) is 30.2. The van der Waals surface area contributed by atoms with Gasteiger partial charge in [0.1, 0.15) is 9.57 Å². The van der Waals surface area contributed by atoms with Crippen LogP contribution in [-0.2, 0) is 19.5 Å². The molecular weight excluding hydrogens is 561 g/mol. The van der Waals surface area contributed by atoms with Gasteiger partial charge in [-0.05, 0) is 23.3 Å². The van der Waals surface area contributed by atoms with E-state index < -0.39 is 0 Å². The summed E-state index contributed by atoms with van der Waals surface area (Å²) in [6.45, 7) is 10.6. The van der Waals surface area contributed by atoms with Crippen LogP contribution in [0.4, 0.5) is 0 Å². The number of phenols is 1. The Balaban J connectivity index is 1.42. The van der Waals surface area contributed by atoms with Crippen molar-refractivity contribution in [3.05, 3.63) is 68.5 Å². The maximum absolute atomic E-state index is 11.5. The monoisotopic (exact) mass is 600 g/mol. The van der Waals surface area contributed by atoms with Crippen LogP contribution in [0.2, 0.25) is 0 Å². The number of nitrogens with zero attached hydrogens (tertiary/aromatic N) is 4. The van der Waals surface area contributed by atoms with E-state index in [2.05, 4.69) is 56.0 Å². The standard InChI is InChI=1S/C30H40N4O3S3/c35-16-14-31-6-10-33(11-7-31)21-25-19-24(29-27(30(38)40-39-29)18-23-4-2-1-3-5-23)20-26(28(25)37)22-34-12-8-32(9-13-34)15-17-36/h1-5,19-20,35-37H,6-18,21-22H2. The van der Waals surface area contributed by atoms with E-state index >= 15 is 0 Å². The molecule has 1 aromatic heterocycles. The van der Waals surface area contributed by atoms with Crippen LogP contribution in [0, 0.1) is 3.82 Å². The minimum atomic E-state index is 0.193. The smallest absolute Gasteiger partial charge is 0.124 e. The first-order chi connectivity index (χ1) is 19.5. The SMILES string of the molecule is OCCN1CCN(Cc2cc(-c3ssc(=S)c3Cc3ccccc3)cc(CN3CCN(CCO)CC3)c2O)CC1. The topological polar surface area (TPSA) is 73.7 Å². The normalized spacial score (nSPS) is 17.9. The van der Waals surface area contributed by atoms with Gasteiger partial charge in [-0.2, -0.15) is 0 Å². The third-order valence-electron chi connectivity index (χ3n) is 8.03. The van der Waals surface area contributed by atoms with Crippen molar-refractivity contribution in [2.45, 2.75) is 19.5 Å². The molecule has 5 rings (SSSR count). The lowest BCUT2D eigenvalue weighted by atomic mass is 9.98. The van der Waals surface area contributed by atoms with Gasteiger partial charge in [0, 0.05) is 102 Å².